The molecule has 0 spiro atoms. The van der Waals surface area contributed by atoms with Gasteiger partial charge in [-0.3, -0.25) is 0 Å². The van der Waals surface area contributed by atoms with Crippen LogP contribution in [0.4, 0.5) is 5.69 Å². The Labute approximate surface area is 109 Å². The van der Waals surface area contributed by atoms with Crippen LogP contribution in [0.2, 0.25) is 5.02 Å². The van der Waals surface area contributed by atoms with E-state index in [4.69, 9.17) is 16.9 Å². The lowest BCUT2D eigenvalue weighted by Crippen LogP contribution is -2.34. The molecule has 0 radical (unpaired) electrons. The van der Waals surface area contributed by atoms with Gasteiger partial charge in [0.25, 0.3) is 0 Å². The predicted octanol–water partition coefficient (Wildman–Crippen LogP) is 4.08. The molecule has 0 aromatic heterocycles. The molecule has 0 N–H and O–H groups in total. The topological polar surface area (TPSA) is 27.0 Å². The third-order valence-electron chi connectivity index (χ3n) is 2.57. The largest absolute Gasteiger partial charge is 0.368 e. The summed E-state index contributed by atoms with van der Waals surface area (Å²) < 4.78 is 0. The molecule has 0 atom stereocenters. The van der Waals surface area contributed by atoms with E-state index >= 15 is 0 Å². The van der Waals surface area contributed by atoms with Gasteiger partial charge in [-0.05, 0) is 38.0 Å². The highest BCUT2D eigenvalue weighted by Crippen LogP contribution is 2.26. The fourth-order valence-electron chi connectivity index (χ4n) is 1.82. The highest BCUT2D eigenvalue weighted by Gasteiger charge is 2.16. The van der Waals surface area contributed by atoms with Crippen LogP contribution in [-0.4, -0.2) is 12.6 Å². The fourth-order valence-corrected chi connectivity index (χ4v) is 1.98. The van der Waals surface area contributed by atoms with Crippen molar-refractivity contribution in [3.63, 3.8) is 0 Å². The maximum Gasteiger partial charge on any atom is 0.101 e. The summed E-state index contributed by atoms with van der Waals surface area (Å²) in [6.07, 6.45) is 0. The number of nitrogens with zero attached hydrogens (tertiary/aromatic N) is 2. The van der Waals surface area contributed by atoms with Crippen molar-refractivity contribution in [2.24, 2.45) is 5.92 Å². The maximum absolute atomic E-state index is 9.15. The Kier molecular flexibility index (Phi) is 4.84. The number of nitriles is 1. The molecule has 0 fully saturated rings. The van der Waals surface area contributed by atoms with E-state index in [1.807, 2.05) is 6.07 Å². The van der Waals surface area contributed by atoms with E-state index in [2.05, 4.69) is 38.7 Å². The van der Waals surface area contributed by atoms with Gasteiger partial charge < -0.3 is 4.90 Å². The Morgan fingerprint density at radius 3 is 2.41 bits per heavy atom. The summed E-state index contributed by atoms with van der Waals surface area (Å²) in [6.45, 7) is 9.53. The number of anilines is 1. The smallest absolute Gasteiger partial charge is 0.101 e. The summed E-state index contributed by atoms with van der Waals surface area (Å²) in [5.74, 6) is 0.544. The minimum absolute atomic E-state index is 0.350. The molecule has 1 aromatic rings. The summed E-state index contributed by atoms with van der Waals surface area (Å²) in [5, 5.41) is 9.83. The van der Waals surface area contributed by atoms with Crippen LogP contribution < -0.4 is 4.90 Å². The van der Waals surface area contributed by atoms with Crippen molar-refractivity contribution in [3.05, 3.63) is 28.8 Å². The summed E-state index contributed by atoms with van der Waals surface area (Å²) in [5.41, 5.74) is 1.62. The van der Waals surface area contributed by atoms with E-state index < -0.39 is 0 Å². The average Bonchev–Trinajstić information content (AvgIpc) is 2.25. The van der Waals surface area contributed by atoms with E-state index in [1.165, 1.54) is 0 Å². The first-order valence-electron chi connectivity index (χ1n) is 5.92. The summed E-state index contributed by atoms with van der Waals surface area (Å²) >= 11 is 6.02. The maximum atomic E-state index is 9.15. The molecule has 0 heterocycles. The van der Waals surface area contributed by atoms with Crippen LogP contribution in [0.15, 0.2) is 18.2 Å². The van der Waals surface area contributed by atoms with Gasteiger partial charge in [0.1, 0.15) is 6.07 Å². The number of benzene rings is 1. The molecule has 2 nitrogen and oxygen atoms in total. The quantitative estimate of drug-likeness (QED) is 0.805. The normalized spacial score (nSPS) is 10.7. The van der Waals surface area contributed by atoms with Crippen LogP contribution in [0.5, 0.6) is 0 Å². The lowest BCUT2D eigenvalue weighted by atomic mass is 10.1. The van der Waals surface area contributed by atoms with Crippen LogP contribution in [0.25, 0.3) is 0 Å². The van der Waals surface area contributed by atoms with Crippen LogP contribution >= 0.6 is 11.6 Å². The number of halogens is 1. The molecule has 0 bridgehead atoms. The second-order valence-electron chi connectivity index (χ2n) is 4.91. The number of rotatable bonds is 4. The Balaban J connectivity index is 3.17. The first kappa shape index (κ1) is 13.9. The van der Waals surface area contributed by atoms with Gasteiger partial charge in [-0.1, -0.05) is 25.4 Å². The molecule has 0 unspecified atom stereocenters. The molecular weight excluding hydrogens is 232 g/mol. The molecule has 0 aliphatic carbocycles. The van der Waals surface area contributed by atoms with Gasteiger partial charge in [0.05, 0.1) is 11.3 Å². The average molecular weight is 251 g/mol. The third kappa shape index (κ3) is 3.64. The second-order valence-corrected chi connectivity index (χ2v) is 5.35. The zero-order valence-corrected chi connectivity index (χ0v) is 11.6. The molecule has 0 saturated carbocycles. The summed E-state index contributed by atoms with van der Waals surface area (Å²) in [4.78, 5) is 2.23. The minimum Gasteiger partial charge on any atom is -0.368 e. The van der Waals surface area contributed by atoms with Crippen molar-refractivity contribution in [2.45, 2.75) is 33.7 Å². The molecule has 17 heavy (non-hydrogen) atoms. The molecule has 0 aliphatic heterocycles. The Morgan fingerprint density at radius 2 is 1.94 bits per heavy atom. The third-order valence-corrected chi connectivity index (χ3v) is 2.81. The molecule has 0 aliphatic rings. The van der Waals surface area contributed by atoms with E-state index in [0.717, 1.165) is 12.2 Å². The van der Waals surface area contributed by atoms with Gasteiger partial charge in [0.2, 0.25) is 0 Å². The van der Waals surface area contributed by atoms with E-state index in [0.29, 0.717) is 22.5 Å². The van der Waals surface area contributed by atoms with Crippen LogP contribution in [-0.2, 0) is 0 Å². The van der Waals surface area contributed by atoms with E-state index in [1.54, 1.807) is 12.1 Å². The SMILES string of the molecule is CC(C)CN(c1cc(Cl)ccc1C#N)C(C)C. The monoisotopic (exact) mass is 250 g/mol. The van der Waals surface area contributed by atoms with E-state index in [-0.39, 0.29) is 0 Å². The van der Waals surface area contributed by atoms with E-state index in [9.17, 15) is 0 Å². The Bertz CT molecular complexity index is 419. The van der Waals surface area contributed by atoms with Gasteiger partial charge in [-0.15, -0.1) is 0 Å². The lowest BCUT2D eigenvalue weighted by Gasteiger charge is -2.31. The van der Waals surface area contributed by atoms with Crippen LogP contribution in [0.3, 0.4) is 0 Å². The molecule has 0 saturated heterocycles. The minimum atomic E-state index is 0.350. The first-order chi connectivity index (χ1) is 7.95. The zero-order valence-electron chi connectivity index (χ0n) is 10.9. The van der Waals surface area contributed by atoms with Crippen LogP contribution in [0, 0.1) is 17.2 Å². The Hall–Kier alpha value is -1.20. The highest BCUT2D eigenvalue weighted by molar-refractivity contribution is 6.30. The van der Waals surface area contributed by atoms with Crippen molar-refractivity contribution in [1.29, 1.82) is 5.26 Å². The summed E-state index contributed by atoms with van der Waals surface area (Å²) in [7, 11) is 0. The van der Waals surface area contributed by atoms with Crippen molar-refractivity contribution >= 4 is 17.3 Å². The molecule has 3 heteroatoms. The predicted molar refractivity (Wildman–Crippen MR) is 73.5 cm³/mol. The molecule has 1 rings (SSSR count). The van der Waals surface area contributed by atoms with Gasteiger partial charge in [-0.2, -0.15) is 5.26 Å². The van der Waals surface area contributed by atoms with Gasteiger partial charge in [0.15, 0.2) is 0 Å². The second kappa shape index (κ2) is 5.93. The molecule has 1 aromatic carbocycles. The molecule has 92 valence electrons. The molecular formula is C14H19ClN2. The van der Waals surface area contributed by atoms with Crippen molar-refractivity contribution in [2.75, 3.05) is 11.4 Å². The fraction of sp³-hybridized carbons (Fsp3) is 0.500. The van der Waals surface area contributed by atoms with Crippen molar-refractivity contribution < 1.29 is 0 Å². The highest BCUT2D eigenvalue weighted by atomic mass is 35.5. The van der Waals surface area contributed by atoms with Crippen LogP contribution in [0.1, 0.15) is 33.3 Å². The van der Waals surface area contributed by atoms with Gasteiger partial charge in [-0.25, -0.2) is 0 Å². The molecule has 0 amide bonds. The number of hydrogen-bond acceptors (Lipinski definition) is 2. The summed E-state index contributed by atoms with van der Waals surface area (Å²) in [6, 6.07) is 8.01. The first-order valence-corrected chi connectivity index (χ1v) is 6.29. The number of hydrogen-bond donors (Lipinski definition) is 0. The zero-order chi connectivity index (χ0) is 13.0. The van der Waals surface area contributed by atoms with Gasteiger partial charge >= 0.3 is 0 Å². The standard InChI is InChI=1S/C14H19ClN2/c1-10(2)9-17(11(3)4)14-7-13(15)6-5-12(14)8-16/h5-7,10-11H,9H2,1-4H3. The van der Waals surface area contributed by atoms with Gasteiger partial charge in [0, 0.05) is 17.6 Å². The van der Waals surface area contributed by atoms with Crippen molar-refractivity contribution in [3.8, 4) is 6.07 Å². The van der Waals surface area contributed by atoms with Crippen molar-refractivity contribution in [1.82, 2.24) is 0 Å². The lowest BCUT2D eigenvalue weighted by molar-refractivity contribution is 0.570. The Morgan fingerprint density at radius 1 is 1.29 bits per heavy atom.